The Bertz CT molecular complexity index is 984. The predicted octanol–water partition coefficient (Wildman–Crippen LogP) is 4.03. The molecule has 2 aromatic heterocycles. The summed E-state index contributed by atoms with van der Waals surface area (Å²) in [5, 5.41) is 11.5. The molecule has 0 saturated heterocycles. The van der Waals surface area contributed by atoms with Gasteiger partial charge in [0.1, 0.15) is 10.7 Å². The van der Waals surface area contributed by atoms with Crippen molar-refractivity contribution < 1.29 is 9.90 Å². The van der Waals surface area contributed by atoms with E-state index in [1.165, 1.54) is 15.9 Å². The molecule has 0 spiro atoms. The molecule has 0 aliphatic carbocycles. The van der Waals surface area contributed by atoms with Crippen LogP contribution in [0, 0.1) is 6.92 Å². The zero-order valence-corrected chi connectivity index (χ0v) is 15.3. The molecule has 3 rings (SSSR count). The monoisotopic (exact) mass is 356 g/mol. The first-order valence-electron chi connectivity index (χ1n) is 8.19. The van der Waals surface area contributed by atoms with E-state index in [-0.39, 0.29) is 24.4 Å². The van der Waals surface area contributed by atoms with Crippen LogP contribution < -0.4 is 5.56 Å². The molecule has 0 atom stereocenters. The molecule has 0 radical (unpaired) electrons. The average Bonchev–Trinajstić information content (AvgIpc) is 2.98. The van der Waals surface area contributed by atoms with E-state index in [4.69, 9.17) is 5.11 Å². The van der Waals surface area contributed by atoms with Gasteiger partial charge in [-0.3, -0.25) is 14.2 Å². The quantitative estimate of drug-likeness (QED) is 0.749. The summed E-state index contributed by atoms with van der Waals surface area (Å²) in [7, 11) is 0. The number of rotatable bonds is 5. The highest BCUT2D eigenvalue weighted by molar-refractivity contribution is 7.17. The lowest BCUT2D eigenvalue weighted by Gasteiger charge is -2.14. The molecule has 25 heavy (non-hydrogen) atoms. The van der Waals surface area contributed by atoms with Crippen LogP contribution in [0.4, 0.5) is 0 Å². The van der Waals surface area contributed by atoms with E-state index in [2.05, 4.69) is 4.98 Å². The average molecular weight is 356 g/mol. The first-order valence-corrected chi connectivity index (χ1v) is 9.07. The molecule has 0 aliphatic heterocycles. The van der Waals surface area contributed by atoms with E-state index in [9.17, 15) is 9.59 Å². The second kappa shape index (κ2) is 6.80. The lowest BCUT2D eigenvalue weighted by molar-refractivity contribution is -0.137. The summed E-state index contributed by atoms with van der Waals surface area (Å²) < 4.78 is 1.52. The molecule has 0 bridgehead atoms. The van der Waals surface area contributed by atoms with Crippen molar-refractivity contribution in [2.45, 2.75) is 39.7 Å². The van der Waals surface area contributed by atoms with Crippen molar-refractivity contribution in [2.24, 2.45) is 0 Å². The Labute approximate surface area is 149 Å². The zero-order valence-electron chi connectivity index (χ0n) is 14.4. The standard InChI is InChI=1S/C19H20N2O3S/c1-11(2)17-20-18-16(19(24)21(17)9-8-15(22)23)14(10-25-18)13-6-4-12(3)5-7-13/h4-7,10-11H,8-9H2,1-3H3,(H,22,23). The molecule has 3 aromatic rings. The van der Waals surface area contributed by atoms with Crippen LogP contribution in [0.25, 0.3) is 21.3 Å². The Morgan fingerprint density at radius 2 is 1.96 bits per heavy atom. The van der Waals surface area contributed by atoms with E-state index in [1.54, 1.807) is 0 Å². The lowest BCUT2D eigenvalue weighted by atomic mass is 10.0. The normalized spacial score (nSPS) is 11.4. The first kappa shape index (κ1) is 17.4. The van der Waals surface area contributed by atoms with Crippen molar-refractivity contribution in [2.75, 3.05) is 0 Å². The molecule has 1 N–H and O–H groups in total. The van der Waals surface area contributed by atoms with Crippen molar-refractivity contribution in [1.29, 1.82) is 0 Å². The third-order valence-corrected chi connectivity index (χ3v) is 5.02. The minimum Gasteiger partial charge on any atom is -0.481 e. The van der Waals surface area contributed by atoms with E-state index in [0.29, 0.717) is 16.0 Å². The Hall–Kier alpha value is -2.47. The smallest absolute Gasteiger partial charge is 0.305 e. The molecular weight excluding hydrogens is 336 g/mol. The van der Waals surface area contributed by atoms with Gasteiger partial charge in [-0.15, -0.1) is 11.3 Å². The fourth-order valence-electron chi connectivity index (χ4n) is 2.85. The molecular formula is C19H20N2O3S. The number of carbonyl (C=O) groups is 1. The van der Waals surface area contributed by atoms with Crippen LogP contribution in [-0.4, -0.2) is 20.6 Å². The van der Waals surface area contributed by atoms with Crippen LogP contribution in [0.3, 0.4) is 0 Å². The topological polar surface area (TPSA) is 72.2 Å². The SMILES string of the molecule is Cc1ccc(-c2csc3nc(C(C)C)n(CCC(=O)O)c(=O)c23)cc1. The van der Waals surface area contributed by atoms with Gasteiger partial charge in [-0.2, -0.15) is 0 Å². The number of hydrogen-bond acceptors (Lipinski definition) is 4. The number of aliphatic carboxylic acids is 1. The number of thiophene rings is 1. The van der Waals surface area contributed by atoms with Gasteiger partial charge in [-0.25, -0.2) is 4.98 Å². The number of aryl methyl sites for hydroxylation is 1. The predicted molar refractivity (Wildman–Crippen MR) is 100 cm³/mol. The molecule has 6 heteroatoms. The van der Waals surface area contributed by atoms with Crippen molar-refractivity contribution >= 4 is 27.5 Å². The minimum atomic E-state index is -0.925. The number of aromatic nitrogens is 2. The fourth-order valence-corrected chi connectivity index (χ4v) is 3.79. The second-order valence-corrected chi connectivity index (χ2v) is 7.28. The van der Waals surface area contributed by atoms with E-state index < -0.39 is 5.97 Å². The van der Waals surface area contributed by atoms with Crippen LogP contribution in [0.5, 0.6) is 0 Å². The van der Waals surface area contributed by atoms with Gasteiger partial charge in [0.2, 0.25) is 0 Å². The van der Waals surface area contributed by atoms with Crippen LogP contribution >= 0.6 is 11.3 Å². The van der Waals surface area contributed by atoms with Crippen molar-refractivity contribution in [3.63, 3.8) is 0 Å². The number of fused-ring (bicyclic) bond motifs is 1. The zero-order chi connectivity index (χ0) is 18.1. The van der Waals surface area contributed by atoms with Gasteiger partial charge in [0.05, 0.1) is 11.8 Å². The molecule has 0 unspecified atom stereocenters. The summed E-state index contributed by atoms with van der Waals surface area (Å²) in [5.74, 6) is -0.252. The summed E-state index contributed by atoms with van der Waals surface area (Å²) in [6, 6.07) is 8.01. The maximum Gasteiger partial charge on any atom is 0.305 e. The van der Waals surface area contributed by atoms with Gasteiger partial charge in [-0.1, -0.05) is 43.7 Å². The number of carboxylic acid groups (broad SMARTS) is 1. The largest absolute Gasteiger partial charge is 0.481 e. The second-order valence-electron chi connectivity index (χ2n) is 6.42. The van der Waals surface area contributed by atoms with Crippen LogP contribution in [-0.2, 0) is 11.3 Å². The Balaban J connectivity index is 2.23. The Kier molecular flexibility index (Phi) is 4.72. The Morgan fingerprint density at radius 1 is 1.28 bits per heavy atom. The van der Waals surface area contributed by atoms with Gasteiger partial charge < -0.3 is 5.11 Å². The van der Waals surface area contributed by atoms with Crippen LogP contribution in [0.1, 0.15) is 37.6 Å². The maximum atomic E-state index is 13.1. The van der Waals surface area contributed by atoms with Crippen LogP contribution in [0.2, 0.25) is 0 Å². The minimum absolute atomic E-state index is 0.0378. The lowest BCUT2D eigenvalue weighted by Crippen LogP contribution is -2.27. The van der Waals surface area contributed by atoms with Gasteiger partial charge in [-0.05, 0) is 12.5 Å². The number of nitrogens with zero attached hydrogens (tertiary/aromatic N) is 2. The molecule has 5 nitrogen and oxygen atoms in total. The van der Waals surface area contributed by atoms with Gasteiger partial charge >= 0.3 is 5.97 Å². The van der Waals surface area contributed by atoms with Gasteiger partial charge in [0.15, 0.2) is 0 Å². The maximum absolute atomic E-state index is 13.1. The highest BCUT2D eigenvalue weighted by atomic mass is 32.1. The number of hydrogen-bond donors (Lipinski definition) is 1. The summed E-state index contributed by atoms with van der Waals surface area (Å²) in [4.78, 5) is 29.5. The highest BCUT2D eigenvalue weighted by Crippen LogP contribution is 2.32. The molecule has 0 amide bonds. The summed E-state index contributed by atoms with van der Waals surface area (Å²) in [6.07, 6.45) is -0.100. The first-order chi connectivity index (χ1) is 11.9. The summed E-state index contributed by atoms with van der Waals surface area (Å²) >= 11 is 1.45. The van der Waals surface area contributed by atoms with Crippen molar-refractivity contribution in [1.82, 2.24) is 9.55 Å². The number of benzene rings is 1. The van der Waals surface area contributed by atoms with Gasteiger partial charge in [0.25, 0.3) is 5.56 Å². The van der Waals surface area contributed by atoms with Gasteiger partial charge in [0, 0.05) is 23.4 Å². The molecule has 0 aliphatic rings. The Morgan fingerprint density at radius 3 is 2.56 bits per heavy atom. The third-order valence-electron chi connectivity index (χ3n) is 4.15. The van der Waals surface area contributed by atoms with E-state index in [1.807, 2.05) is 50.4 Å². The summed E-state index contributed by atoms with van der Waals surface area (Å²) in [5.41, 5.74) is 2.82. The van der Waals surface area contributed by atoms with Crippen molar-refractivity contribution in [3.05, 3.63) is 51.4 Å². The highest BCUT2D eigenvalue weighted by Gasteiger charge is 2.19. The molecule has 0 saturated carbocycles. The third kappa shape index (κ3) is 3.35. The number of carboxylic acids is 1. The van der Waals surface area contributed by atoms with Crippen LogP contribution in [0.15, 0.2) is 34.4 Å². The fraction of sp³-hybridized carbons (Fsp3) is 0.316. The molecule has 2 heterocycles. The van der Waals surface area contributed by atoms with E-state index >= 15 is 0 Å². The van der Waals surface area contributed by atoms with Crippen molar-refractivity contribution in [3.8, 4) is 11.1 Å². The summed E-state index contributed by atoms with van der Waals surface area (Å²) in [6.45, 7) is 6.07. The molecule has 0 fully saturated rings. The molecule has 1 aromatic carbocycles. The molecule has 130 valence electrons. The van der Waals surface area contributed by atoms with E-state index in [0.717, 1.165) is 16.7 Å².